The van der Waals surface area contributed by atoms with E-state index in [9.17, 15) is 14.4 Å². The SMILES string of the molecule is COc1ccc(OCCCC(=O)N(CCC(C)C)c2c(N)n(Cc3ccccc3)c(=O)[nH]c2=O)cc1. The van der Waals surface area contributed by atoms with Gasteiger partial charge in [0.25, 0.3) is 5.56 Å². The molecule has 36 heavy (non-hydrogen) atoms. The fraction of sp³-hybridized carbons (Fsp3) is 0.370. The van der Waals surface area contributed by atoms with Crippen LogP contribution in [-0.2, 0) is 11.3 Å². The normalized spacial score (nSPS) is 10.9. The van der Waals surface area contributed by atoms with E-state index in [1.54, 1.807) is 31.4 Å². The predicted octanol–water partition coefficient (Wildman–Crippen LogP) is 3.41. The molecule has 3 aromatic rings. The van der Waals surface area contributed by atoms with Gasteiger partial charge in [-0.2, -0.15) is 0 Å². The fourth-order valence-corrected chi connectivity index (χ4v) is 3.73. The number of hydrogen-bond acceptors (Lipinski definition) is 6. The van der Waals surface area contributed by atoms with Crippen molar-refractivity contribution in [3.05, 3.63) is 81.0 Å². The Bertz CT molecular complexity index is 1250. The molecule has 3 rings (SSSR count). The second-order valence-corrected chi connectivity index (χ2v) is 8.92. The van der Waals surface area contributed by atoms with Crippen LogP contribution in [0.5, 0.6) is 11.5 Å². The van der Waals surface area contributed by atoms with Gasteiger partial charge in [-0.3, -0.25) is 19.1 Å². The second-order valence-electron chi connectivity index (χ2n) is 8.92. The maximum absolute atomic E-state index is 13.3. The van der Waals surface area contributed by atoms with Crippen LogP contribution in [0.1, 0.15) is 38.7 Å². The molecule has 0 aliphatic carbocycles. The number of aromatic amines is 1. The molecule has 9 nitrogen and oxygen atoms in total. The van der Waals surface area contributed by atoms with E-state index < -0.39 is 11.2 Å². The number of H-pyrrole nitrogens is 1. The predicted molar refractivity (Wildman–Crippen MR) is 141 cm³/mol. The number of hydrogen-bond donors (Lipinski definition) is 2. The average molecular weight is 495 g/mol. The molecule has 0 spiro atoms. The fourth-order valence-electron chi connectivity index (χ4n) is 3.73. The van der Waals surface area contributed by atoms with Crippen LogP contribution in [0, 0.1) is 5.92 Å². The third-order valence-corrected chi connectivity index (χ3v) is 5.76. The van der Waals surface area contributed by atoms with Gasteiger partial charge < -0.3 is 20.1 Å². The summed E-state index contributed by atoms with van der Waals surface area (Å²) in [5.41, 5.74) is 5.91. The van der Waals surface area contributed by atoms with Crippen LogP contribution in [-0.4, -0.2) is 35.7 Å². The van der Waals surface area contributed by atoms with Gasteiger partial charge in [0.15, 0.2) is 5.69 Å². The van der Waals surface area contributed by atoms with Gasteiger partial charge >= 0.3 is 5.69 Å². The van der Waals surface area contributed by atoms with Crippen molar-refractivity contribution in [3.8, 4) is 11.5 Å². The number of methoxy groups -OCH3 is 1. The molecular formula is C27H34N4O5. The standard InChI is InChI=1S/C27H34N4O5/c1-19(2)15-16-30(23(32)10-7-17-36-22-13-11-21(35-3)12-14-22)24-25(28)31(27(34)29-26(24)33)18-20-8-5-4-6-9-20/h4-6,8-9,11-14,19H,7,10,15-18,28H2,1-3H3,(H,29,33,34). The molecule has 0 unspecified atom stereocenters. The molecule has 1 heterocycles. The number of benzene rings is 2. The first-order valence-electron chi connectivity index (χ1n) is 12.0. The molecule has 2 aromatic carbocycles. The Morgan fingerprint density at radius 2 is 1.72 bits per heavy atom. The number of aromatic nitrogens is 2. The average Bonchev–Trinajstić information content (AvgIpc) is 2.87. The summed E-state index contributed by atoms with van der Waals surface area (Å²) in [5.74, 6) is 1.42. The lowest BCUT2D eigenvalue weighted by Crippen LogP contribution is -2.42. The van der Waals surface area contributed by atoms with Crippen LogP contribution in [0.15, 0.2) is 64.2 Å². The zero-order valence-corrected chi connectivity index (χ0v) is 21.0. The number of nitrogens with zero attached hydrogens (tertiary/aromatic N) is 2. The van der Waals surface area contributed by atoms with Crippen molar-refractivity contribution in [2.75, 3.05) is 30.9 Å². The lowest BCUT2D eigenvalue weighted by Gasteiger charge is -2.25. The van der Waals surface area contributed by atoms with Crippen LogP contribution < -0.4 is 31.4 Å². The number of nitrogens with one attached hydrogen (secondary N) is 1. The second kappa shape index (κ2) is 12.6. The molecular weight excluding hydrogens is 460 g/mol. The minimum Gasteiger partial charge on any atom is -0.497 e. The Morgan fingerprint density at radius 1 is 1.06 bits per heavy atom. The monoisotopic (exact) mass is 494 g/mol. The lowest BCUT2D eigenvalue weighted by molar-refractivity contribution is -0.118. The van der Waals surface area contributed by atoms with Crippen molar-refractivity contribution >= 4 is 17.4 Å². The van der Waals surface area contributed by atoms with Gasteiger partial charge in [0, 0.05) is 13.0 Å². The Labute approximate surface area is 210 Å². The molecule has 0 saturated carbocycles. The van der Waals surface area contributed by atoms with Gasteiger partial charge in [0.05, 0.1) is 20.3 Å². The Kier molecular flexibility index (Phi) is 9.32. The maximum atomic E-state index is 13.3. The molecule has 0 bridgehead atoms. The molecule has 0 atom stereocenters. The number of nitrogens with two attached hydrogens (primary N) is 1. The highest BCUT2D eigenvalue weighted by atomic mass is 16.5. The van der Waals surface area contributed by atoms with Gasteiger partial charge in [-0.15, -0.1) is 0 Å². The topological polar surface area (TPSA) is 120 Å². The van der Waals surface area contributed by atoms with Crippen LogP contribution >= 0.6 is 0 Å². The zero-order valence-electron chi connectivity index (χ0n) is 21.0. The highest BCUT2D eigenvalue weighted by Crippen LogP contribution is 2.21. The zero-order chi connectivity index (χ0) is 26.1. The number of anilines is 2. The first-order chi connectivity index (χ1) is 17.3. The third-order valence-electron chi connectivity index (χ3n) is 5.76. The van der Waals surface area contributed by atoms with E-state index >= 15 is 0 Å². The van der Waals surface area contributed by atoms with E-state index in [1.807, 2.05) is 44.2 Å². The minimum atomic E-state index is -0.673. The van der Waals surface area contributed by atoms with Crippen LogP contribution in [0.2, 0.25) is 0 Å². The Balaban J connectivity index is 1.78. The first kappa shape index (κ1) is 26.6. The van der Waals surface area contributed by atoms with E-state index in [0.717, 1.165) is 11.3 Å². The molecule has 0 fully saturated rings. The van der Waals surface area contributed by atoms with Gasteiger partial charge in [0.2, 0.25) is 5.91 Å². The number of carbonyl (C=O) groups is 1. The summed E-state index contributed by atoms with van der Waals surface area (Å²) in [6.45, 7) is 4.89. The summed E-state index contributed by atoms with van der Waals surface area (Å²) in [6.07, 6.45) is 1.28. The largest absolute Gasteiger partial charge is 0.497 e. The Hall–Kier alpha value is -4.01. The van der Waals surface area contributed by atoms with Crippen molar-refractivity contribution < 1.29 is 14.3 Å². The molecule has 1 aromatic heterocycles. The van der Waals surface area contributed by atoms with Crippen LogP contribution in [0.3, 0.4) is 0 Å². The summed E-state index contributed by atoms with van der Waals surface area (Å²) >= 11 is 0. The van der Waals surface area contributed by atoms with Crippen LogP contribution in [0.25, 0.3) is 0 Å². The van der Waals surface area contributed by atoms with E-state index in [2.05, 4.69) is 4.98 Å². The van der Waals surface area contributed by atoms with E-state index in [1.165, 1.54) is 9.47 Å². The van der Waals surface area contributed by atoms with E-state index in [-0.39, 0.29) is 30.4 Å². The molecule has 0 radical (unpaired) electrons. The maximum Gasteiger partial charge on any atom is 0.330 e. The summed E-state index contributed by atoms with van der Waals surface area (Å²) in [5, 5.41) is 0. The van der Waals surface area contributed by atoms with Gasteiger partial charge in [-0.1, -0.05) is 44.2 Å². The van der Waals surface area contributed by atoms with Gasteiger partial charge in [0.1, 0.15) is 17.3 Å². The van der Waals surface area contributed by atoms with E-state index in [4.69, 9.17) is 15.2 Å². The smallest absolute Gasteiger partial charge is 0.330 e. The lowest BCUT2D eigenvalue weighted by atomic mass is 10.1. The number of rotatable bonds is 12. The summed E-state index contributed by atoms with van der Waals surface area (Å²) in [4.78, 5) is 42.4. The summed E-state index contributed by atoms with van der Waals surface area (Å²) in [6, 6.07) is 16.5. The van der Waals surface area contributed by atoms with Crippen molar-refractivity contribution in [2.45, 2.75) is 39.7 Å². The first-order valence-corrected chi connectivity index (χ1v) is 12.0. The molecule has 0 aliphatic rings. The highest BCUT2D eigenvalue weighted by molar-refractivity contribution is 5.95. The van der Waals surface area contributed by atoms with Crippen molar-refractivity contribution in [1.82, 2.24) is 9.55 Å². The summed E-state index contributed by atoms with van der Waals surface area (Å²) in [7, 11) is 1.60. The van der Waals surface area contributed by atoms with Crippen molar-refractivity contribution in [3.63, 3.8) is 0 Å². The van der Waals surface area contributed by atoms with Crippen LogP contribution in [0.4, 0.5) is 11.5 Å². The molecule has 192 valence electrons. The van der Waals surface area contributed by atoms with Crippen molar-refractivity contribution in [2.24, 2.45) is 5.92 Å². The highest BCUT2D eigenvalue weighted by Gasteiger charge is 2.24. The van der Waals surface area contributed by atoms with E-state index in [0.29, 0.717) is 37.7 Å². The number of amides is 1. The summed E-state index contributed by atoms with van der Waals surface area (Å²) < 4.78 is 12.1. The number of nitrogen functional groups attached to an aromatic ring is 1. The van der Waals surface area contributed by atoms with Gasteiger partial charge in [-0.25, -0.2) is 4.79 Å². The van der Waals surface area contributed by atoms with Crippen molar-refractivity contribution in [1.29, 1.82) is 0 Å². The molecule has 1 amide bonds. The molecule has 0 aliphatic heterocycles. The number of carbonyl (C=O) groups excluding carboxylic acids is 1. The quantitative estimate of drug-likeness (QED) is 0.372. The molecule has 3 N–H and O–H groups in total. The number of ether oxygens (including phenoxy) is 2. The minimum absolute atomic E-state index is 0.00672. The van der Waals surface area contributed by atoms with Gasteiger partial charge in [-0.05, 0) is 48.6 Å². The molecule has 9 heteroatoms. The third kappa shape index (κ3) is 7.00. The Morgan fingerprint density at radius 3 is 2.36 bits per heavy atom. The molecule has 0 saturated heterocycles.